The number of nitrogens with zero attached hydrogens (tertiary/aromatic N) is 1. The molecule has 1 heterocycles. The minimum Gasteiger partial charge on any atom is -0.273 e. The van der Waals surface area contributed by atoms with Crippen LogP contribution in [0.15, 0.2) is 60.2 Å². The molecule has 1 aliphatic heterocycles. The molecule has 0 atom stereocenters. The van der Waals surface area contributed by atoms with Crippen molar-refractivity contribution >= 4 is 35.5 Å². The fourth-order valence-corrected chi connectivity index (χ4v) is 2.46. The molecule has 0 radical (unpaired) electrons. The smallest absolute Gasteiger partial charge is 0.273 e. The molecule has 0 bridgehead atoms. The molecule has 1 aliphatic rings. The maximum absolute atomic E-state index is 12.6. The molecule has 0 unspecified atom stereocenters. The number of amides is 4. The van der Waals surface area contributed by atoms with Gasteiger partial charge in [-0.2, -0.15) is 0 Å². The second kappa shape index (κ2) is 6.68. The van der Waals surface area contributed by atoms with Crippen molar-refractivity contribution in [2.24, 2.45) is 0 Å². The number of hydrogen-bond acceptors (Lipinski definition) is 3. The first kappa shape index (κ1) is 16.0. The molecule has 1 N–H and O–H groups in total. The molecule has 0 spiro atoms. The third-order valence-corrected chi connectivity index (χ3v) is 3.80. The van der Waals surface area contributed by atoms with Crippen LogP contribution in [-0.2, 0) is 16.1 Å². The van der Waals surface area contributed by atoms with Crippen molar-refractivity contribution in [1.29, 1.82) is 0 Å². The van der Waals surface area contributed by atoms with E-state index in [1.165, 1.54) is 6.08 Å². The molecule has 4 amide bonds. The molecule has 6 heteroatoms. The van der Waals surface area contributed by atoms with Crippen LogP contribution in [0.5, 0.6) is 0 Å². The largest absolute Gasteiger partial charge is 0.331 e. The first-order valence-electron chi connectivity index (χ1n) is 7.23. The summed E-state index contributed by atoms with van der Waals surface area (Å²) in [6, 6.07) is 15.1. The molecule has 3 rings (SSSR count). The van der Waals surface area contributed by atoms with E-state index in [2.05, 4.69) is 5.32 Å². The Labute approximate surface area is 143 Å². The Morgan fingerprint density at radius 2 is 1.62 bits per heavy atom. The van der Waals surface area contributed by atoms with Gasteiger partial charge >= 0.3 is 6.03 Å². The van der Waals surface area contributed by atoms with Gasteiger partial charge in [0.2, 0.25) is 0 Å². The molecule has 2 aromatic rings. The number of nitrogens with one attached hydrogen (secondary N) is 1. The van der Waals surface area contributed by atoms with Crippen molar-refractivity contribution in [1.82, 2.24) is 10.2 Å². The summed E-state index contributed by atoms with van der Waals surface area (Å²) in [5.74, 6) is -1.33. The van der Waals surface area contributed by atoms with Crippen LogP contribution in [0, 0.1) is 0 Å². The summed E-state index contributed by atoms with van der Waals surface area (Å²) in [7, 11) is 0. The van der Waals surface area contributed by atoms with Crippen LogP contribution in [0.1, 0.15) is 11.1 Å². The van der Waals surface area contributed by atoms with Gasteiger partial charge in [-0.3, -0.25) is 19.8 Å². The van der Waals surface area contributed by atoms with E-state index < -0.39 is 17.8 Å². The van der Waals surface area contributed by atoms with Crippen LogP contribution >= 0.6 is 11.6 Å². The molecule has 120 valence electrons. The molecule has 0 aromatic heterocycles. The van der Waals surface area contributed by atoms with Crippen LogP contribution in [0.4, 0.5) is 4.79 Å². The Morgan fingerprint density at radius 1 is 0.958 bits per heavy atom. The van der Waals surface area contributed by atoms with Gasteiger partial charge in [0, 0.05) is 5.02 Å². The highest BCUT2D eigenvalue weighted by Crippen LogP contribution is 2.18. The molecule has 0 aliphatic carbocycles. The second-order valence-corrected chi connectivity index (χ2v) is 5.68. The van der Waals surface area contributed by atoms with E-state index in [1.807, 2.05) is 18.2 Å². The Hall–Kier alpha value is -2.92. The van der Waals surface area contributed by atoms with Crippen molar-refractivity contribution in [2.75, 3.05) is 0 Å². The van der Waals surface area contributed by atoms with E-state index in [1.54, 1.807) is 36.4 Å². The van der Waals surface area contributed by atoms with E-state index in [4.69, 9.17) is 11.6 Å². The van der Waals surface area contributed by atoms with Crippen molar-refractivity contribution in [3.05, 3.63) is 76.3 Å². The molecular weight excluding hydrogens is 328 g/mol. The summed E-state index contributed by atoms with van der Waals surface area (Å²) < 4.78 is 0. The average Bonchev–Trinajstić information content (AvgIpc) is 2.58. The van der Waals surface area contributed by atoms with Gasteiger partial charge in [-0.05, 0) is 29.3 Å². The third kappa shape index (κ3) is 3.36. The van der Waals surface area contributed by atoms with Gasteiger partial charge < -0.3 is 0 Å². The van der Waals surface area contributed by atoms with Crippen LogP contribution in [0.25, 0.3) is 6.08 Å². The lowest BCUT2D eigenvalue weighted by atomic mass is 10.1. The zero-order valence-electron chi connectivity index (χ0n) is 12.5. The second-order valence-electron chi connectivity index (χ2n) is 5.25. The number of imide groups is 2. The zero-order valence-corrected chi connectivity index (χ0v) is 13.3. The SMILES string of the molecule is O=C1NC(=O)N(Cc2ccccc2)C(=O)/C1=C/c1ccc(Cl)cc1. The molecular formula is C18H13ClN2O3. The summed E-state index contributed by atoms with van der Waals surface area (Å²) in [6.07, 6.45) is 1.44. The quantitative estimate of drug-likeness (QED) is 0.690. The maximum atomic E-state index is 12.6. The van der Waals surface area contributed by atoms with Crippen molar-refractivity contribution in [3.8, 4) is 0 Å². The number of carbonyl (C=O) groups excluding carboxylic acids is 3. The standard InChI is InChI=1S/C18H13ClN2O3/c19-14-8-6-12(7-9-14)10-15-16(22)20-18(24)21(17(15)23)11-13-4-2-1-3-5-13/h1-10H,11H2,(H,20,22,24)/b15-10+. The van der Waals surface area contributed by atoms with Crippen molar-refractivity contribution in [2.45, 2.75) is 6.54 Å². The van der Waals surface area contributed by atoms with Crippen molar-refractivity contribution < 1.29 is 14.4 Å². The fraction of sp³-hybridized carbons (Fsp3) is 0.0556. The van der Waals surface area contributed by atoms with E-state index in [-0.39, 0.29) is 12.1 Å². The topological polar surface area (TPSA) is 66.5 Å². The molecule has 24 heavy (non-hydrogen) atoms. The van der Waals surface area contributed by atoms with Gasteiger partial charge in [0.25, 0.3) is 11.8 Å². The highest BCUT2D eigenvalue weighted by Gasteiger charge is 2.35. The summed E-state index contributed by atoms with van der Waals surface area (Å²) in [5, 5.41) is 2.75. The van der Waals surface area contributed by atoms with Gasteiger partial charge in [-0.25, -0.2) is 4.79 Å². The lowest BCUT2D eigenvalue weighted by Gasteiger charge is -2.26. The number of hydrogen-bond donors (Lipinski definition) is 1. The fourth-order valence-electron chi connectivity index (χ4n) is 2.33. The Bertz CT molecular complexity index is 829. The lowest BCUT2D eigenvalue weighted by molar-refractivity contribution is -0.130. The Kier molecular flexibility index (Phi) is 4.44. The molecule has 1 saturated heterocycles. The van der Waals surface area contributed by atoms with Crippen LogP contribution < -0.4 is 5.32 Å². The summed E-state index contributed by atoms with van der Waals surface area (Å²) in [4.78, 5) is 37.6. The van der Waals surface area contributed by atoms with Crippen LogP contribution in [0.2, 0.25) is 5.02 Å². The summed E-state index contributed by atoms with van der Waals surface area (Å²) in [6.45, 7) is 0.0940. The lowest BCUT2D eigenvalue weighted by Crippen LogP contribution is -2.53. The molecule has 5 nitrogen and oxygen atoms in total. The highest BCUT2D eigenvalue weighted by atomic mass is 35.5. The van der Waals surface area contributed by atoms with Crippen LogP contribution in [-0.4, -0.2) is 22.7 Å². The van der Waals surface area contributed by atoms with Gasteiger partial charge in [-0.1, -0.05) is 54.1 Å². The van der Waals surface area contributed by atoms with Crippen LogP contribution in [0.3, 0.4) is 0 Å². The van der Waals surface area contributed by atoms with E-state index in [9.17, 15) is 14.4 Å². The summed E-state index contributed by atoms with van der Waals surface area (Å²) in [5.41, 5.74) is 1.35. The maximum Gasteiger partial charge on any atom is 0.331 e. The number of benzene rings is 2. The van der Waals surface area contributed by atoms with Gasteiger partial charge in [0.15, 0.2) is 0 Å². The Morgan fingerprint density at radius 3 is 2.29 bits per heavy atom. The number of halogens is 1. The predicted octanol–water partition coefficient (Wildman–Crippen LogP) is 3.00. The van der Waals surface area contributed by atoms with E-state index in [0.29, 0.717) is 10.6 Å². The van der Waals surface area contributed by atoms with E-state index >= 15 is 0 Å². The van der Waals surface area contributed by atoms with E-state index in [0.717, 1.165) is 10.5 Å². The van der Waals surface area contributed by atoms with Crippen molar-refractivity contribution in [3.63, 3.8) is 0 Å². The van der Waals surface area contributed by atoms with Gasteiger partial charge in [-0.15, -0.1) is 0 Å². The highest BCUT2D eigenvalue weighted by molar-refractivity contribution is 6.31. The zero-order chi connectivity index (χ0) is 17.1. The number of carbonyl (C=O) groups is 3. The minimum atomic E-state index is -0.720. The summed E-state index contributed by atoms with van der Waals surface area (Å²) >= 11 is 5.82. The third-order valence-electron chi connectivity index (χ3n) is 3.55. The molecule has 1 fully saturated rings. The number of rotatable bonds is 3. The molecule has 2 aromatic carbocycles. The Balaban J connectivity index is 1.89. The number of urea groups is 1. The number of barbiturate groups is 1. The predicted molar refractivity (Wildman–Crippen MR) is 90.0 cm³/mol. The molecule has 0 saturated carbocycles. The normalized spacial score (nSPS) is 16.5. The average molecular weight is 341 g/mol. The van der Waals surface area contributed by atoms with Gasteiger partial charge in [0.1, 0.15) is 5.57 Å². The first-order chi connectivity index (χ1) is 11.5. The first-order valence-corrected chi connectivity index (χ1v) is 7.61. The minimum absolute atomic E-state index is 0.0900. The van der Waals surface area contributed by atoms with Gasteiger partial charge in [0.05, 0.1) is 6.54 Å². The monoisotopic (exact) mass is 340 g/mol.